The van der Waals surface area contributed by atoms with Gasteiger partial charge in [-0.1, -0.05) is 6.92 Å². The Labute approximate surface area is 154 Å². The largest absolute Gasteiger partial charge is 0.387 e. The average molecular weight is 379 g/mol. The maximum absolute atomic E-state index is 12.5. The molecule has 0 radical (unpaired) electrons. The first-order valence-electron chi connectivity index (χ1n) is 8.44. The highest BCUT2D eigenvalue weighted by Gasteiger charge is 2.18. The molecule has 7 nitrogen and oxygen atoms in total. The number of amides is 1. The predicted octanol–water partition coefficient (Wildman–Crippen LogP) is 2.08. The second-order valence-corrected chi connectivity index (χ2v) is 7.86. The highest BCUT2D eigenvalue weighted by atomic mass is 32.2. The molecule has 0 aliphatic carbocycles. The second kappa shape index (κ2) is 8.48. The van der Waals surface area contributed by atoms with E-state index in [1.807, 2.05) is 19.3 Å². The monoisotopic (exact) mass is 379 g/mol. The third kappa shape index (κ3) is 4.94. The molecule has 0 fully saturated rings. The van der Waals surface area contributed by atoms with Gasteiger partial charge in [0.25, 0.3) is 0 Å². The first kappa shape index (κ1) is 20.2. The van der Waals surface area contributed by atoms with E-state index in [2.05, 4.69) is 10.0 Å². The molecule has 0 saturated carbocycles. The predicted molar refractivity (Wildman–Crippen MR) is 100 cm³/mol. The Morgan fingerprint density at radius 1 is 1.31 bits per heavy atom. The fourth-order valence-corrected chi connectivity index (χ4v) is 3.93. The van der Waals surface area contributed by atoms with Crippen LogP contribution in [0.5, 0.6) is 0 Å². The highest BCUT2D eigenvalue weighted by Crippen LogP contribution is 2.21. The molecule has 1 aromatic carbocycles. The molecule has 1 amide bonds. The van der Waals surface area contributed by atoms with E-state index in [0.717, 1.165) is 5.69 Å². The SMILES string of the molecule is CCC(=O)Nc1ccc(S(=O)(=O)NCC[C@@H](O)c2cccn2C)c(C)c1. The van der Waals surface area contributed by atoms with Gasteiger partial charge in [-0.25, -0.2) is 13.1 Å². The number of sulfonamides is 1. The third-order valence-electron chi connectivity index (χ3n) is 4.10. The summed E-state index contributed by atoms with van der Waals surface area (Å²) in [5.41, 5.74) is 1.83. The van der Waals surface area contributed by atoms with Crippen LogP contribution in [-0.2, 0) is 21.9 Å². The zero-order chi connectivity index (χ0) is 19.3. The first-order valence-corrected chi connectivity index (χ1v) is 9.92. The number of aliphatic hydroxyl groups excluding tert-OH is 1. The fraction of sp³-hybridized carbons (Fsp3) is 0.389. The number of aliphatic hydroxyl groups is 1. The van der Waals surface area contributed by atoms with Gasteiger partial charge in [-0.15, -0.1) is 0 Å². The number of aromatic nitrogens is 1. The number of aryl methyl sites for hydroxylation is 2. The number of carbonyl (C=O) groups excluding carboxylic acids is 1. The van der Waals surface area contributed by atoms with Crippen molar-refractivity contribution in [3.63, 3.8) is 0 Å². The van der Waals surface area contributed by atoms with Crippen molar-refractivity contribution in [3.05, 3.63) is 47.8 Å². The van der Waals surface area contributed by atoms with Crippen LogP contribution >= 0.6 is 0 Å². The lowest BCUT2D eigenvalue weighted by molar-refractivity contribution is -0.115. The van der Waals surface area contributed by atoms with E-state index in [9.17, 15) is 18.3 Å². The van der Waals surface area contributed by atoms with E-state index >= 15 is 0 Å². The zero-order valence-corrected chi connectivity index (χ0v) is 16.0. The molecule has 0 saturated heterocycles. The van der Waals surface area contributed by atoms with Crippen molar-refractivity contribution in [2.75, 3.05) is 11.9 Å². The molecular formula is C18H25N3O4S. The molecule has 0 spiro atoms. The molecule has 142 valence electrons. The number of nitrogens with one attached hydrogen (secondary N) is 2. The van der Waals surface area contributed by atoms with Crippen LogP contribution < -0.4 is 10.0 Å². The van der Waals surface area contributed by atoms with Crippen LogP contribution in [0.4, 0.5) is 5.69 Å². The lowest BCUT2D eigenvalue weighted by atomic mass is 10.2. The number of nitrogens with zero attached hydrogens (tertiary/aromatic N) is 1. The molecule has 8 heteroatoms. The Hall–Kier alpha value is -2.16. The highest BCUT2D eigenvalue weighted by molar-refractivity contribution is 7.89. The Kier molecular flexibility index (Phi) is 6.57. The zero-order valence-electron chi connectivity index (χ0n) is 15.2. The molecule has 3 N–H and O–H groups in total. The van der Waals surface area contributed by atoms with E-state index < -0.39 is 16.1 Å². The summed E-state index contributed by atoms with van der Waals surface area (Å²) in [6.07, 6.45) is 1.70. The molecule has 1 heterocycles. The van der Waals surface area contributed by atoms with Gasteiger partial charge in [-0.2, -0.15) is 0 Å². The molecule has 0 aliphatic rings. The minimum Gasteiger partial charge on any atom is -0.387 e. The van der Waals surface area contributed by atoms with E-state index in [-0.39, 0.29) is 23.8 Å². The van der Waals surface area contributed by atoms with Crippen LogP contribution in [-0.4, -0.2) is 30.5 Å². The minimum atomic E-state index is -3.70. The van der Waals surface area contributed by atoms with Crippen molar-refractivity contribution in [2.45, 2.75) is 37.7 Å². The topological polar surface area (TPSA) is 100 Å². The Bertz CT molecular complexity index is 874. The Morgan fingerprint density at radius 2 is 2.04 bits per heavy atom. The Balaban J connectivity index is 2.01. The number of anilines is 1. The van der Waals surface area contributed by atoms with Gasteiger partial charge in [-0.3, -0.25) is 4.79 Å². The summed E-state index contributed by atoms with van der Waals surface area (Å²) in [6, 6.07) is 8.28. The van der Waals surface area contributed by atoms with Crippen LogP contribution in [0.3, 0.4) is 0 Å². The quantitative estimate of drug-likeness (QED) is 0.654. The molecular weight excluding hydrogens is 354 g/mol. The maximum Gasteiger partial charge on any atom is 0.240 e. The summed E-state index contributed by atoms with van der Waals surface area (Å²) < 4.78 is 29.3. The summed E-state index contributed by atoms with van der Waals surface area (Å²) in [5.74, 6) is -0.132. The smallest absolute Gasteiger partial charge is 0.240 e. The summed E-state index contributed by atoms with van der Waals surface area (Å²) in [6.45, 7) is 3.53. The van der Waals surface area contributed by atoms with Crippen LogP contribution in [0.25, 0.3) is 0 Å². The molecule has 0 unspecified atom stereocenters. The number of rotatable bonds is 8. The molecule has 0 aliphatic heterocycles. The van der Waals surface area contributed by atoms with Gasteiger partial charge in [0.2, 0.25) is 15.9 Å². The third-order valence-corrected chi connectivity index (χ3v) is 5.73. The number of carbonyl (C=O) groups is 1. The first-order chi connectivity index (χ1) is 12.2. The van der Waals surface area contributed by atoms with Crippen molar-refractivity contribution in [2.24, 2.45) is 7.05 Å². The van der Waals surface area contributed by atoms with Crippen LogP contribution in [0, 0.1) is 6.92 Å². The molecule has 1 atom stereocenters. The standard InChI is InChI=1S/C18H25N3O4S/c1-4-18(23)20-14-7-8-17(13(2)12-14)26(24,25)19-10-9-16(22)15-6-5-11-21(15)3/h5-8,11-12,16,19,22H,4,9-10H2,1-3H3,(H,20,23)/t16-/m1/s1. The second-order valence-electron chi connectivity index (χ2n) is 6.13. The summed E-state index contributed by atoms with van der Waals surface area (Å²) in [4.78, 5) is 11.6. The van der Waals surface area contributed by atoms with Crippen molar-refractivity contribution in [1.29, 1.82) is 0 Å². The molecule has 2 aromatic rings. The summed E-state index contributed by atoms with van der Waals surface area (Å²) in [5, 5.41) is 12.9. The summed E-state index contributed by atoms with van der Waals surface area (Å²) >= 11 is 0. The van der Waals surface area contributed by atoms with Crippen LogP contribution in [0.1, 0.15) is 37.1 Å². The lowest BCUT2D eigenvalue weighted by Gasteiger charge is -2.14. The van der Waals surface area contributed by atoms with Gasteiger partial charge in [0, 0.05) is 37.6 Å². The summed E-state index contributed by atoms with van der Waals surface area (Å²) in [7, 11) is -1.87. The number of benzene rings is 1. The van der Waals surface area contributed by atoms with Crippen molar-refractivity contribution in [3.8, 4) is 0 Å². The van der Waals surface area contributed by atoms with Crippen molar-refractivity contribution in [1.82, 2.24) is 9.29 Å². The Morgan fingerprint density at radius 3 is 2.62 bits per heavy atom. The van der Waals surface area contributed by atoms with E-state index in [1.54, 1.807) is 36.6 Å². The number of hydrogen-bond acceptors (Lipinski definition) is 4. The maximum atomic E-state index is 12.5. The van der Waals surface area contributed by atoms with Gasteiger partial charge in [-0.05, 0) is 49.2 Å². The van der Waals surface area contributed by atoms with Crippen molar-refractivity contribution >= 4 is 21.6 Å². The molecule has 1 aromatic heterocycles. The van der Waals surface area contributed by atoms with Gasteiger partial charge >= 0.3 is 0 Å². The van der Waals surface area contributed by atoms with E-state index in [1.165, 1.54) is 6.07 Å². The molecule has 0 bridgehead atoms. The van der Waals surface area contributed by atoms with Crippen molar-refractivity contribution < 1.29 is 18.3 Å². The van der Waals surface area contributed by atoms with Gasteiger partial charge < -0.3 is 15.0 Å². The average Bonchev–Trinajstić information content (AvgIpc) is 3.00. The van der Waals surface area contributed by atoms with Gasteiger partial charge in [0.1, 0.15) is 0 Å². The normalized spacial score (nSPS) is 12.8. The molecule has 26 heavy (non-hydrogen) atoms. The number of hydrogen-bond donors (Lipinski definition) is 3. The fourth-order valence-electron chi connectivity index (χ4n) is 2.65. The lowest BCUT2D eigenvalue weighted by Crippen LogP contribution is -2.27. The van der Waals surface area contributed by atoms with E-state index in [4.69, 9.17) is 0 Å². The van der Waals surface area contributed by atoms with Crippen LogP contribution in [0.2, 0.25) is 0 Å². The molecule has 2 rings (SSSR count). The van der Waals surface area contributed by atoms with Gasteiger partial charge in [0.05, 0.1) is 11.0 Å². The van der Waals surface area contributed by atoms with Crippen LogP contribution in [0.15, 0.2) is 41.4 Å². The van der Waals surface area contributed by atoms with Gasteiger partial charge in [0.15, 0.2) is 0 Å². The van der Waals surface area contributed by atoms with E-state index in [0.29, 0.717) is 17.7 Å². The minimum absolute atomic E-state index is 0.114.